The molecule has 2 heterocycles. The molecule has 19 heavy (non-hydrogen) atoms. The lowest BCUT2D eigenvalue weighted by atomic mass is 10.2. The molecule has 0 spiro atoms. The molecule has 1 aromatic heterocycles. The van der Waals surface area contributed by atoms with Crippen molar-refractivity contribution in [1.82, 2.24) is 0 Å². The molecule has 0 fully saturated rings. The Morgan fingerprint density at radius 1 is 1.42 bits per heavy atom. The molecule has 0 bridgehead atoms. The van der Waals surface area contributed by atoms with Crippen LogP contribution in [0.2, 0.25) is 0 Å². The number of rotatable bonds is 2. The van der Waals surface area contributed by atoms with E-state index in [1.807, 2.05) is 31.2 Å². The average molecular weight is 275 g/mol. The summed E-state index contributed by atoms with van der Waals surface area (Å²) in [6.07, 6.45) is 0. The topological polar surface area (TPSA) is 49.8 Å². The van der Waals surface area contributed by atoms with Gasteiger partial charge in [0.1, 0.15) is 17.2 Å². The summed E-state index contributed by atoms with van der Waals surface area (Å²) in [4.78, 5) is 13.6. The summed E-state index contributed by atoms with van der Waals surface area (Å²) in [5, 5.41) is 10.1. The van der Waals surface area contributed by atoms with Crippen LogP contribution in [0.25, 0.3) is 0 Å². The van der Waals surface area contributed by atoms with E-state index in [0.717, 1.165) is 28.5 Å². The van der Waals surface area contributed by atoms with Crippen molar-refractivity contribution < 1.29 is 14.6 Å². The molecule has 0 unspecified atom stereocenters. The van der Waals surface area contributed by atoms with E-state index in [4.69, 9.17) is 9.84 Å². The molecule has 1 aliphatic heterocycles. The third-order valence-corrected chi connectivity index (χ3v) is 4.32. The molecule has 0 saturated carbocycles. The molecule has 1 N–H and O–H groups in total. The zero-order valence-corrected chi connectivity index (χ0v) is 11.2. The van der Waals surface area contributed by atoms with Gasteiger partial charge < -0.3 is 14.7 Å². The van der Waals surface area contributed by atoms with E-state index < -0.39 is 5.97 Å². The number of aromatic carboxylic acids is 1. The van der Waals surface area contributed by atoms with Gasteiger partial charge in [0.25, 0.3) is 0 Å². The summed E-state index contributed by atoms with van der Waals surface area (Å²) >= 11 is 1.31. The van der Waals surface area contributed by atoms with Gasteiger partial charge in [0, 0.05) is 0 Å². The van der Waals surface area contributed by atoms with Crippen LogP contribution >= 0.6 is 11.3 Å². The number of benzene rings is 1. The maximum atomic E-state index is 11.1. The number of para-hydroxylation sites is 2. The Bertz CT molecular complexity index is 635. The van der Waals surface area contributed by atoms with Crippen molar-refractivity contribution in [3.05, 3.63) is 40.8 Å². The van der Waals surface area contributed by atoms with E-state index in [9.17, 15) is 4.79 Å². The smallest absolute Gasteiger partial charge is 0.345 e. The van der Waals surface area contributed by atoms with Crippen LogP contribution in [-0.4, -0.2) is 24.2 Å². The van der Waals surface area contributed by atoms with Crippen molar-refractivity contribution in [3.8, 4) is 5.75 Å². The molecular weight excluding hydrogens is 262 g/mol. The number of fused-ring (bicyclic) bond motifs is 1. The molecule has 98 valence electrons. The van der Waals surface area contributed by atoms with Gasteiger partial charge in [0.15, 0.2) is 0 Å². The van der Waals surface area contributed by atoms with Crippen molar-refractivity contribution in [3.63, 3.8) is 0 Å². The maximum absolute atomic E-state index is 11.1. The van der Waals surface area contributed by atoms with Crippen molar-refractivity contribution in [2.24, 2.45) is 0 Å². The van der Waals surface area contributed by atoms with Gasteiger partial charge in [-0.3, -0.25) is 0 Å². The Balaban J connectivity index is 2.06. The molecule has 4 nitrogen and oxygen atoms in total. The summed E-state index contributed by atoms with van der Waals surface area (Å²) in [5.41, 5.74) is 1.98. The van der Waals surface area contributed by atoms with Gasteiger partial charge in [-0.15, -0.1) is 11.3 Å². The summed E-state index contributed by atoms with van der Waals surface area (Å²) in [6.45, 7) is 3.28. The minimum absolute atomic E-state index is 0.372. The number of aryl methyl sites for hydroxylation is 1. The van der Waals surface area contributed by atoms with Crippen LogP contribution in [0.15, 0.2) is 30.3 Å². The summed E-state index contributed by atoms with van der Waals surface area (Å²) in [6, 6.07) is 9.55. The lowest BCUT2D eigenvalue weighted by molar-refractivity contribution is 0.0702. The first-order valence-corrected chi connectivity index (χ1v) is 6.81. The number of carboxylic acids is 1. The Morgan fingerprint density at radius 2 is 2.21 bits per heavy atom. The predicted molar refractivity (Wildman–Crippen MR) is 75.0 cm³/mol. The molecule has 1 aliphatic rings. The Hall–Kier alpha value is -2.01. The molecule has 0 radical (unpaired) electrons. The van der Waals surface area contributed by atoms with Gasteiger partial charge in [0.2, 0.25) is 0 Å². The Kier molecular flexibility index (Phi) is 2.91. The van der Waals surface area contributed by atoms with Gasteiger partial charge >= 0.3 is 5.97 Å². The number of carboxylic acid groups (broad SMARTS) is 1. The summed E-state index contributed by atoms with van der Waals surface area (Å²) in [5.74, 6) is -0.0284. The molecular formula is C14H13NO3S. The number of hydrogen-bond acceptors (Lipinski definition) is 4. The number of carbonyl (C=O) groups is 1. The first-order valence-electron chi connectivity index (χ1n) is 6.00. The second kappa shape index (κ2) is 4.59. The van der Waals surface area contributed by atoms with Gasteiger partial charge in [0.05, 0.1) is 17.2 Å². The zero-order chi connectivity index (χ0) is 13.4. The van der Waals surface area contributed by atoms with Crippen LogP contribution in [-0.2, 0) is 0 Å². The molecule has 0 amide bonds. The molecule has 3 rings (SSSR count). The lowest BCUT2D eigenvalue weighted by Gasteiger charge is -2.30. The number of nitrogens with zero attached hydrogens (tertiary/aromatic N) is 1. The van der Waals surface area contributed by atoms with E-state index in [2.05, 4.69) is 4.90 Å². The SMILES string of the molecule is Cc1cc(C(=O)O)sc1N1CCOc2ccccc21. The van der Waals surface area contributed by atoms with Crippen molar-refractivity contribution in [2.45, 2.75) is 6.92 Å². The van der Waals surface area contributed by atoms with Crippen LogP contribution in [0.4, 0.5) is 10.7 Å². The Labute approximate surface area is 114 Å². The van der Waals surface area contributed by atoms with E-state index in [0.29, 0.717) is 11.5 Å². The fraction of sp³-hybridized carbons (Fsp3) is 0.214. The molecule has 2 aromatic rings. The number of anilines is 2. The monoisotopic (exact) mass is 275 g/mol. The minimum atomic E-state index is -0.874. The predicted octanol–water partition coefficient (Wildman–Crippen LogP) is 3.29. The fourth-order valence-electron chi connectivity index (χ4n) is 2.23. The lowest BCUT2D eigenvalue weighted by Crippen LogP contribution is -2.28. The van der Waals surface area contributed by atoms with E-state index in [1.54, 1.807) is 6.07 Å². The highest BCUT2D eigenvalue weighted by Gasteiger charge is 2.23. The summed E-state index contributed by atoms with van der Waals surface area (Å²) in [7, 11) is 0. The molecule has 1 aromatic carbocycles. The highest BCUT2D eigenvalue weighted by atomic mass is 32.1. The summed E-state index contributed by atoms with van der Waals surface area (Å²) < 4.78 is 5.62. The van der Waals surface area contributed by atoms with Crippen LogP contribution in [0, 0.1) is 6.92 Å². The first-order chi connectivity index (χ1) is 9.16. The number of thiophene rings is 1. The number of ether oxygens (including phenoxy) is 1. The largest absolute Gasteiger partial charge is 0.490 e. The molecule has 0 saturated heterocycles. The van der Waals surface area contributed by atoms with Gasteiger partial charge in [-0.05, 0) is 30.7 Å². The van der Waals surface area contributed by atoms with Crippen molar-refractivity contribution in [2.75, 3.05) is 18.1 Å². The van der Waals surface area contributed by atoms with Crippen molar-refractivity contribution >= 4 is 28.0 Å². The third-order valence-electron chi connectivity index (χ3n) is 3.08. The average Bonchev–Trinajstić information content (AvgIpc) is 2.80. The van der Waals surface area contributed by atoms with Crippen LogP contribution in [0.1, 0.15) is 15.2 Å². The van der Waals surface area contributed by atoms with Crippen molar-refractivity contribution in [1.29, 1.82) is 0 Å². The van der Waals surface area contributed by atoms with E-state index >= 15 is 0 Å². The standard InChI is InChI=1S/C14H13NO3S/c1-9-8-12(14(16)17)19-13(9)15-6-7-18-11-5-3-2-4-10(11)15/h2-5,8H,6-7H2,1H3,(H,16,17). The molecule has 0 aliphatic carbocycles. The quantitative estimate of drug-likeness (QED) is 0.913. The zero-order valence-electron chi connectivity index (χ0n) is 10.4. The van der Waals surface area contributed by atoms with Crippen LogP contribution < -0.4 is 9.64 Å². The molecule has 0 atom stereocenters. The van der Waals surface area contributed by atoms with Crippen LogP contribution in [0.5, 0.6) is 5.75 Å². The van der Waals surface area contributed by atoms with Gasteiger partial charge in [-0.2, -0.15) is 0 Å². The second-order valence-electron chi connectivity index (χ2n) is 4.37. The second-order valence-corrected chi connectivity index (χ2v) is 5.40. The van der Waals surface area contributed by atoms with Crippen LogP contribution in [0.3, 0.4) is 0 Å². The highest BCUT2D eigenvalue weighted by Crippen LogP contribution is 2.41. The highest BCUT2D eigenvalue weighted by molar-refractivity contribution is 7.18. The van der Waals surface area contributed by atoms with E-state index in [-0.39, 0.29) is 0 Å². The fourth-order valence-corrected chi connectivity index (χ4v) is 3.28. The maximum Gasteiger partial charge on any atom is 0.345 e. The third kappa shape index (κ3) is 2.06. The Morgan fingerprint density at radius 3 is 2.95 bits per heavy atom. The normalized spacial score (nSPS) is 13.8. The van der Waals surface area contributed by atoms with Gasteiger partial charge in [-0.25, -0.2) is 4.79 Å². The minimum Gasteiger partial charge on any atom is -0.490 e. The molecule has 5 heteroatoms. The number of hydrogen-bond donors (Lipinski definition) is 1. The first kappa shape index (κ1) is 12.0. The van der Waals surface area contributed by atoms with E-state index in [1.165, 1.54) is 11.3 Å². The van der Waals surface area contributed by atoms with Gasteiger partial charge in [-0.1, -0.05) is 12.1 Å².